The summed E-state index contributed by atoms with van der Waals surface area (Å²) >= 11 is 0. The minimum atomic E-state index is 0.664. The maximum absolute atomic E-state index is 2.62. The first-order valence-electron chi connectivity index (χ1n) is 6.45. The maximum Gasteiger partial charge on any atom is 0.0115 e. The number of rotatable bonds is 5. The van der Waals surface area contributed by atoms with Crippen LogP contribution in [0, 0.1) is 0 Å². The van der Waals surface area contributed by atoms with Gasteiger partial charge >= 0.3 is 0 Å². The van der Waals surface area contributed by atoms with E-state index >= 15 is 0 Å². The lowest BCUT2D eigenvalue weighted by Gasteiger charge is -2.47. The Hall–Kier alpha value is -0.0800. The standard InChI is InChI=1S/C13H28N2/c1-10(2)14(11(3)4)7-8-15-12(5)9-13(15)6/h10-13H,7-9H2,1-6H3. The third-order valence-electron chi connectivity index (χ3n) is 3.76. The summed E-state index contributed by atoms with van der Waals surface area (Å²) in [5, 5.41) is 0. The van der Waals surface area contributed by atoms with Crippen LogP contribution in [0.15, 0.2) is 0 Å². The van der Waals surface area contributed by atoms with Crippen molar-refractivity contribution < 1.29 is 0 Å². The molecular formula is C13H28N2. The first-order chi connectivity index (χ1) is 6.93. The van der Waals surface area contributed by atoms with Gasteiger partial charge in [0.2, 0.25) is 0 Å². The molecule has 1 aliphatic rings. The van der Waals surface area contributed by atoms with Crippen molar-refractivity contribution in [1.82, 2.24) is 9.80 Å². The molecule has 2 nitrogen and oxygen atoms in total. The number of hydrogen-bond donors (Lipinski definition) is 0. The van der Waals surface area contributed by atoms with E-state index in [-0.39, 0.29) is 0 Å². The van der Waals surface area contributed by atoms with Gasteiger partial charge < -0.3 is 0 Å². The number of hydrogen-bond acceptors (Lipinski definition) is 2. The lowest BCUT2D eigenvalue weighted by Crippen LogP contribution is -2.55. The first kappa shape index (κ1) is 13.0. The lowest BCUT2D eigenvalue weighted by atomic mass is 9.96. The summed E-state index contributed by atoms with van der Waals surface area (Å²) < 4.78 is 0. The molecule has 0 amide bonds. The van der Waals surface area contributed by atoms with Crippen LogP contribution in [0.5, 0.6) is 0 Å². The van der Waals surface area contributed by atoms with Crippen molar-refractivity contribution in [3.8, 4) is 0 Å². The summed E-state index contributed by atoms with van der Waals surface area (Å²) in [4.78, 5) is 5.20. The van der Waals surface area contributed by atoms with E-state index < -0.39 is 0 Å². The summed E-state index contributed by atoms with van der Waals surface area (Å²) in [5.74, 6) is 0. The minimum absolute atomic E-state index is 0.664. The van der Waals surface area contributed by atoms with Gasteiger partial charge in [-0.05, 0) is 48.0 Å². The van der Waals surface area contributed by atoms with Gasteiger partial charge in [-0.3, -0.25) is 9.80 Å². The van der Waals surface area contributed by atoms with Crippen LogP contribution in [-0.4, -0.2) is 47.1 Å². The van der Waals surface area contributed by atoms with Crippen LogP contribution in [-0.2, 0) is 0 Å². The van der Waals surface area contributed by atoms with Crippen LogP contribution in [0.2, 0.25) is 0 Å². The molecule has 0 bridgehead atoms. The zero-order chi connectivity index (χ0) is 11.6. The third kappa shape index (κ3) is 3.18. The van der Waals surface area contributed by atoms with Crippen molar-refractivity contribution in [2.24, 2.45) is 0 Å². The van der Waals surface area contributed by atoms with Crippen LogP contribution in [0.4, 0.5) is 0 Å². The van der Waals surface area contributed by atoms with Crippen molar-refractivity contribution >= 4 is 0 Å². The number of likely N-dealkylation sites (tertiary alicyclic amines) is 1. The molecule has 0 saturated carbocycles. The quantitative estimate of drug-likeness (QED) is 0.691. The van der Waals surface area contributed by atoms with E-state index in [4.69, 9.17) is 0 Å². The smallest absolute Gasteiger partial charge is 0.0115 e. The van der Waals surface area contributed by atoms with Crippen LogP contribution in [0.3, 0.4) is 0 Å². The molecule has 0 aromatic heterocycles. The molecule has 0 aromatic carbocycles. The van der Waals surface area contributed by atoms with E-state index in [2.05, 4.69) is 51.3 Å². The predicted octanol–water partition coefficient (Wildman–Crippen LogP) is 2.59. The van der Waals surface area contributed by atoms with E-state index in [0.717, 1.165) is 12.1 Å². The van der Waals surface area contributed by atoms with Gasteiger partial charge in [0.05, 0.1) is 0 Å². The second-order valence-corrected chi connectivity index (χ2v) is 5.60. The number of nitrogens with zero attached hydrogens (tertiary/aromatic N) is 2. The summed E-state index contributed by atoms with van der Waals surface area (Å²) in [6.07, 6.45) is 1.38. The van der Waals surface area contributed by atoms with Crippen molar-refractivity contribution in [3.05, 3.63) is 0 Å². The largest absolute Gasteiger partial charge is 0.297 e. The van der Waals surface area contributed by atoms with E-state index in [0.29, 0.717) is 12.1 Å². The SMILES string of the molecule is CC(C)N(CCN1C(C)CC1C)C(C)C. The third-order valence-corrected chi connectivity index (χ3v) is 3.76. The Kier molecular flexibility index (Phi) is 4.60. The van der Waals surface area contributed by atoms with Crippen LogP contribution >= 0.6 is 0 Å². The molecule has 1 rings (SSSR count). The van der Waals surface area contributed by atoms with E-state index in [9.17, 15) is 0 Å². The molecule has 0 aromatic rings. The second kappa shape index (κ2) is 5.31. The average Bonchev–Trinajstić information content (AvgIpc) is 2.11. The van der Waals surface area contributed by atoms with E-state index in [1.54, 1.807) is 0 Å². The molecule has 2 atom stereocenters. The minimum Gasteiger partial charge on any atom is -0.297 e. The first-order valence-corrected chi connectivity index (χ1v) is 6.45. The maximum atomic E-state index is 2.62. The Morgan fingerprint density at radius 3 is 1.87 bits per heavy atom. The normalized spacial score (nSPS) is 27.8. The molecule has 15 heavy (non-hydrogen) atoms. The molecule has 1 aliphatic heterocycles. The van der Waals surface area contributed by atoms with E-state index in [1.807, 2.05) is 0 Å². The van der Waals surface area contributed by atoms with Crippen molar-refractivity contribution in [2.45, 2.75) is 72.1 Å². The Morgan fingerprint density at radius 2 is 1.53 bits per heavy atom. The molecule has 1 saturated heterocycles. The summed E-state index contributed by atoms with van der Waals surface area (Å²) in [6, 6.07) is 2.94. The van der Waals surface area contributed by atoms with Crippen molar-refractivity contribution in [2.75, 3.05) is 13.1 Å². The molecule has 1 fully saturated rings. The molecular weight excluding hydrogens is 184 g/mol. The molecule has 0 spiro atoms. The van der Waals surface area contributed by atoms with Gasteiger partial charge in [0.1, 0.15) is 0 Å². The average molecular weight is 212 g/mol. The van der Waals surface area contributed by atoms with Crippen molar-refractivity contribution in [1.29, 1.82) is 0 Å². The monoisotopic (exact) mass is 212 g/mol. The highest BCUT2D eigenvalue weighted by Crippen LogP contribution is 2.24. The topological polar surface area (TPSA) is 6.48 Å². The molecule has 0 radical (unpaired) electrons. The van der Waals surface area contributed by atoms with Gasteiger partial charge in [-0.15, -0.1) is 0 Å². The zero-order valence-corrected chi connectivity index (χ0v) is 11.3. The highest BCUT2D eigenvalue weighted by atomic mass is 15.3. The van der Waals surface area contributed by atoms with Gasteiger partial charge in [0.15, 0.2) is 0 Å². The van der Waals surface area contributed by atoms with Crippen LogP contribution in [0.25, 0.3) is 0 Å². The highest BCUT2D eigenvalue weighted by Gasteiger charge is 2.31. The fourth-order valence-corrected chi connectivity index (χ4v) is 2.85. The molecule has 1 heterocycles. The van der Waals surface area contributed by atoms with Gasteiger partial charge in [0.25, 0.3) is 0 Å². The highest BCUT2D eigenvalue weighted by molar-refractivity contribution is 4.87. The Balaban J connectivity index is 2.33. The van der Waals surface area contributed by atoms with Gasteiger partial charge in [-0.1, -0.05) is 0 Å². The Bertz CT molecular complexity index is 173. The van der Waals surface area contributed by atoms with Gasteiger partial charge in [-0.2, -0.15) is 0 Å². The Labute approximate surface area is 95.6 Å². The molecule has 2 heteroatoms. The van der Waals surface area contributed by atoms with Gasteiger partial charge in [-0.25, -0.2) is 0 Å². The van der Waals surface area contributed by atoms with E-state index in [1.165, 1.54) is 19.5 Å². The second-order valence-electron chi connectivity index (χ2n) is 5.60. The summed E-state index contributed by atoms with van der Waals surface area (Å²) in [7, 11) is 0. The fourth-order valence-electron chi connectivity index (χ4n) is 2.85. The zero-order valence-electron chi connectivity index (χ0n) is 11.3. The predicted molar refractivity (Wildman–Crippen MR) is 67.2 cm³/mol. The van der Waals surface area contributed by atoms with Crippen LogP contribution in [0.1, 0.15) is 48.0 Å². The van der Waals surface area contributed by atoms with Crippen LogP contribution < -0.4 is 0 Å². The van der Waals surface area contributed by atoms with Gasteiger partial charge in [0, 0.05) is 37.3 Å². The Morgan fingerprint density at radius 1 is 1.07 bits per heavy atom. The lowest BCUT2D eigenvalue weighted by molar-refractivity contribution is 0.0203. The molecule has 0 N–H and O–H groups in total. The molecule has 0 aliphatic carbocycles. The summed E-state index contributed by atoms with van der Waals surface area (Å²) in [5.41, 5.74) is 0. The molecule has 90 valence electrons. The fraction of sp³-hybridized carbons (Fsp3) is 1.00. The molecule has 2 unspecified atom stereocenters. The summed E-state index contributed by atoms with van der Waals surface area (Å²) in [6.45, 7) is 16.3. The van der Waals surface area contributed by atoms with Crippen molar-refractivity contribution in [3.63, 3.8) is 0 Å².